The van der Waals surface area contributed by atoms with Crippen LogP contribution in [0.3, 0.4) is 0 Å². The first-order valence-corrected chi connectivity index (χ1v) is 9.85. The van der Waals surface area contributed by atoms with Crippen LogP contribution in [0.25, 0.3) is 10.2 Å². The fraction of sp³-hybridized carbons (Fsp3) is 0.0909. The molecule has 0 aliphatic heterocycles. The summed E-state index contributed by atoms with van der Waals surface area (Å²) in [6.07, 6.45) is -1.20. The Labute approximate surface area is 174 Å². The van der Waals surface area contributed by atoms with Crippen molar-refractivity contribution in [2.75, 3.05) is 5.32 Å². The second kappa shape index (κ2) is 8.46. The molecule has 5 nitrogen and oxygen atoms in total. The summed E-state index contributed by atoms with van der Waals surface area (Å²) in [5.41, 5.74) is 1.06. The summed E-state index contributed by atoms with van der Waals surface area (Å²) in [5, 5.41) is 2.98. The highest BCUT2D eigenvalue weighted by molar-refractivity contribution is 7.22. The Hall–Kier alpha value is -3.52. The summed E-state index contributed by atoms with van der Waals surface area (Å²) in [5.74, 6) is -0.371. The molecule has 4 aromatic rings. The van der Waals surface area contributed by atoms with E-state index in [4.69, 9.17) is 9.47 Å². The second-order valence-electron chi connectivity index (χ2n) is 6.44. The van der Waals surface area contributed by atoms with E-state index in [0.29, 0.717) is 27.7 Å². The zero-order valence-corrected chi connectivity index (χ0v) is 16.6. The number of ether oxygens (including phenoxy) is 2. The van der Waals surface area contributed by atoms with Gasteiger partial charge in [0.2, 0.25) is 0 Å². The van der Waals surface area contributed by atoms with Crippen LogP contribution in [0.1, 0.15) is 18.6 Å². The lowest BCUT2D eigenvalue weighted by atomic mass is 10.1. The Morgan fingerprint density at radius 3 is 2.47 bits per heavy atom. The number of nitrogens with one attached hydrogen (secondary N) is 1. The normalized spacial score (nSPS) is 11.8. The number of hydrogen-bond acceptors (Lipinski definition) is 5. The summed E-state index contributed by atoms with van der Waals surface area (Å²) in [6, 6.07) is 17.2. The van der Waals surface area contributed by atoms with Crippen LogP contribution in [0.15, 0.2) is 66.7 Å². The third-order valence-corrected chi connectivity index (χ3v) is 5.12. The van der Waals surface area contributed by atoms with Gasteiger partial charge in [-0.1, -0.05) is 29.5 Å². The molecule has 30 heavy (non-hydrogen) atoms. The molecule has 0 spiro atoms. The highest BCUT2D eigenvalue weighted by Gasteiger charge is 2.13. The van der Waals surface area contributed by atoms with Gasteiger partial charge in [0.15, 0.2) is 5.13 Å². The van der Waals surface area contributed by atoms with Crippen LogP contribution in [0, 0.1) is 11.6 Å². The van der Waals surface area contributed by atoms with Gasteiger partial charge < -0.3 is 9.47 Å². The number of thiazole rings is 1. The van der Waals surface area contributed by atoms with Crippen LogP contribution >= 0.6 is 11.3 Å². The van der Waals surface area contributed by atoms with Gasteiger partial charge in [-0.3, -0.25) is 5.32 Å². The molecule has 1 amide bonds. The van der Waals surface area contributed by atoms with E-state index >= 15 is 0 Å². The van der Waals surface area contributed by atoms with E-state index in [1.165, 1.54) is 23.5 Å². The lowest BCUT2D eigenvalue weighted by Gasteiger charge is -2.15. The fourth-order valence-corrected chi connectivity index (χ4v) is 3.70. The fourth-order valence-electron chi connectivity index (χ4n) is 2.82. The zero-order valence-electron chi connectivity index (χ0n) is 15.8. The maximum absolute atomic E-state index is 13.4. The van der Waals surface area contributed by atoms with Crippen molar-refractivity contribution < 1.29 is 23.0 Å². The van der Waals surface area contributed by atoms with E-state index in [9.17, 15) is 13.6 Å². The van der Waals surface area contributed by atoms with Gasteiger partial charge in [-0.15, -0.1) is 0 Å². The van der Waals surface area contributed by atoms with Gasteiger partial charge in [0, 0.05) is 6.07 Å². The topological polar surface area (TPSA) is 60.5 Å². The minimum absolute atomic E-state index is 0.378. The molecule has 1 atom stereocenters. The van der Waals surface area contributed by atoms with Crippen molar-refractivity contribution in [3.8, 4) is 11.5 Å². The van der Waals surface area contributed by atoms with Crippen molar-refractivity contribution in [1.82, 2.24) is 4.98 Å². The number of carbonyl (C=O) groups is 1. The number of nitrogens with zero attached hydrogens (tertiary/aromatic N) is 1. The van der Waals surface area contributed by atoms with Crippen molar-refractivity contribution >= 4 is 32.8 Å². The maximum Gasteiger partial charge on any atom is 0.418 e. The zero-order chi connectivity index (χ0) is 21.1. The van der Waals surface area contributed by atoms with Gasteiger partial charge in [-0.2, -0.15) is 0 Å². The standard InChI is InChI=1S/C22H16F2N2O3S/c1-13(14-9-15(23)11-16(24)10-14)28-18-7-8-19-20(12-18)30-21(25-19)26-22(27)29-17-5-3-2-4-6-17/h2-13H,1H3,(H,25,26,27). The highest BCUT2D eigenvalue weighted by Crippen LogP contribution is 2.31. The Morgan fingerprint density at radius 1 is 1.00 bits per heavy atom. The molecular weight excluding hydrogens is 410 g/mol. The average molecular weight is 426 g/mol. The summed E-state index contributed by atoms with van der Waals surface area (Å²) in [4.78, 5) is 16.4. The van der Waals surface area contributed by atoms with E-state index in [1.54, 1.807) is 49.4 Å². The van der Waals surface area contributed by atoms with E-state index in [2.05, 4.69) is 10.3 Å². The van der Waals surface area contributed by atoms with Gasteiger partial charge in [-0.25, -0.2) is 18.6 Å². The van der Waals surface area contributed by atoms with Crippen LogP contribution < -0.4 is 14.8 Å². The predicted octanol–water partition coefficient (Wildman–Crippen LogP) is 6.33. The van der Waals surface area contributed by atoms with E-state index in [1.807, 2.05) is 6.07 Å². The first-order chi connectivity index (χ1) is 14.5. The molecule has 8 heteroatoms. The Bertz CT molecular complexity index is 1180. The van der Waals surface area contributed by atoms with Gasteiger partial charge in [0.05, 0.1) is 10.2 Å². The number of benzene rings is 3. The smallest absolute Gasteiger partial charge is 0.418 e. The third kappa shape index (κ3) is 4.72. The third-order valence-electron chi connectivity index (χ3n) is 4.19. The largest absolute Gasteiger partial charge is 0.486 e. The number of amides is 1. The molecule has 152 valence electrons. The maximum atomic E-state index is 13.4. The Balaban J connectivity index is 1.46. The van der Waals surface area contributed by atoms with E-state index < -0.39 is 23.8 Å². The highest BCUT2D eigenvalue weighted by atomic mass is 32.1. The summed E-state index contributed by atoms with van der Waals surface area (Å²) in [7, 11) is 0. The number of anilines is 1. The van der Waals surface area contributed by atoms with Crippen molar-refractivity contribution in [2.24, 2.45) is 0 Å². The minimum Gasteiger partial charge on any atom is -0.486 e. The molecule has 1 heterocycles. The number of carbonyl (C=O) groups excluding carboxylic acids is 1. The molecule has 4 rings (SSSR count). The molecule has 3 aromatic carbocycles. The number of aromatic nitrogens is 1. The molecule has 1 aromatic heterocycles. The quantitative estimate of drug-likeness (QED) is 0.405. The van der Waals surface area contributed by atoms with Crippen LogP contribution in [-0.4, -0.2) is 11.1 Å². The van der Waals surface area contributed by atoms with Crippen molar-refractivity contribution in [3.05, 3.63) is 83.9 Å². The van der Waals surface area contributed by atoms with Crippen LogP contribution in [-0.2, 0) is 0 Å². The first kappa shape index (κ1) is 19.8. The van der Waals surface area contributed by atoms with E-state index in [0.717, 1.165) is 10.8 Å². The van der Waals surface area contributed by atoms with Gasteiger partial charge >= 0.3 is 6.09 Å². The number of rotatable bonds is 5. The van der Waals surface area contributed by atoms with Gasteiger partial charge in [-0.05, 0) is 55.0 Å². The monoisotopic (exact) mass is 426 g/mol. The lowest BCUT2D eigenvalue weighted by Crippen LogP contribution is -2.16. The van der Waals surface area contributed by atoms with Crippen LogP contribution in [0.5, 0.6) is 11.5 Å². The number of fused-ring (bicyclic) bond motifs is 1. The van der Waals surface area contributed by atoms with E-state index in [-0.39, 0.29) is 0 Å². The molecule has 1 N–H and O–H groups in total. The van der Waals surface area contributed by atoms with Crippen LogP contribution in [0.4, 0.5) is 18.7 Å². The molecule has 0 fully saturated rings. The number of hydrogen-bond donors (Lipinski definition) is 1. The minimum atomic E-state index is -0.656. The Kier molecular flexibility index (Phi) is 5.58. The predicted molar refractivity (Wildman–Crippen MR) is 111 cm³/mol. The Morgan fingerprint density at radius 2 is 1.73 bits per heavy atom. The summed E-state index contributed by atoms with van der Waals surface area (Å²) < 4.78 is 38.7. The van der Waals surface area contributed by atoms with Crippen molar-refractivity contribution in [2.45, 2.75) is 13.0 Å². The molecule has 0 bridgehead atoms. The molecule has 0 aliphatic rings. The van der Waals surface area contributed by atoms with Crippen molar-refractivity contribution in [3.63, 3.8) is 0 Å². The van der Waals surface area contributed by atoms with Crippen LogP contribution in [0.2, 0.25) is 0 Å². The molecular formula is C22H16F2N2O3S. The molecule has 1 unspecified atom stereocenters. The van der Waals surface area contributed by atoms with Crippen molar-refractivity contribution in [1.29, 1.82) is 0 Å². The summed E-state index contributed by atoms with van der Waals surface area (Å²) in [6.45, 7) is 1.71. The number of halogens is 2. The molecule has 0 saturated heterocycles. The van der Waals surface area contributed by atoms with Gasteiger partial charge in [0.1, 0.15) is 29.2 Å². The van der Waals surface area contributed by atoms with Gasteiger partial charge in [0.25, 0.3) is 0 Å². The molecule has 0 radical (unpaired) electrons. The molecule has 0 saturated carbocycles. The summed E-state index contributed by atoms with van der Waals surface area (Å²) >= 11 is 1.26. The lowest BCUT2D eigenvalue weighted by molar-refractivity contribution is 0.215. The first-order valence-electron chi connectivity index (χ1n) is 9.03. The SMILES string of the molecule is CC(Oc1ccc2nc(NC(=O)Oc3ccccc3)sc2c1)c1cc(F)cc(F)c1. The second-order valence-corrected chi connectivity index (χ2v) is 7.47. The number of para-hydroxylation sites is 1. The molecule has 0 aliphatic carbocycles. The average Bonchev–Trinajstić information content (AvgIpc) is 3.09.